The number of fused-ring (bicyclic) bond motifs is 1. The molecule has 138 valence electrons. The van der Waals surface area contributed by atoms with E-state index in [1.807, 2.05) is 66.5 Å². The molecule has 8 heteroatoms. The molecule has 6 nitrogen and oxygen atoms in total. The van der Waals surface area contributed by atoms with Crippen LogP contribution in [-0.2, 0) is 4.79 Å². The molecule has 0 radical (unpaired) electrons. The van der Waals surface area contributed by atoms with Crippen LogP contribution in [0.3, 0.4) is 0 Å². The Kier molecular flexibility index (Phi) is 5.19. The molecule has 0 bridgehead atoms. The third-order valence-electron chi connectivity index (χ3n) is 4.19. The minimum atomic E-state index is -0.235. The number of Topliss-reactive ketones (excluding diaryl/α,β-unsaturated/α-hetero) is 1. The van der Waals surface area contributed by atoms with E-state index < -0.39 is 0 Å². The molecule has 2 aromatic carbocycles. The maximum absolute atomic E-state index is 12.7. The van der Waals surface area contributed by atoms with E-state index in [9.17, 15) is 10.1 Å². The Bertz CT molecular complexity index is 1100. The predicted octanol–water partition coefficient (Wildman–Crippen LogP) is 4.11. The summed E-state index contributed by atoms with van der Waals surface area (Å²) in [5, 5.41) is 17.8. The van der Waals surface area contributed by atoms with E-state index >= 15 is 0 Å². The van der Waals surface area contributed by atoms with Crippen LogP contribution in [0.25, 0.3) is 11.4 Å². The molecule has 2 heterocycles. The third kappa shape index (κ3) is 3.54. The monoisotopic (exact) mass is 405 g/mol. The van der Waals surface area contributed by atoms with Crippen molar-refractivity contribution in [2.75, 3.05) is 17.7 Å². The van der Waals surface area contributed by atoms with E-state index in [0.29, 0.717) is 16.0 Å². The fourth-order valence-electron chi connectivity index (χ4n) is 2.79. The number of allylic oxidation sites excluding steroid dienone is 1. The highest BCUT2D eigenvalue weighted by Crippen LogP contribution is 2.46. The molecule has 0 atom stereocenters. The highest BCUT2D eigenvalue weighted by Gasteiger charge is 2.27. The van der Waals surface area contributed by atoms with Crippen molar-refractivity contribution >= 4 is 35.0 Å². The van der Waals surface area contributed by atoms with E-state index in [1.54, 1.807) is 0 Å². The zero-order chi connectivity index (χ0) is 19.5. The zero-order valence-corrected chi connectivity index (χ0v) is 16.5. The van der Waals surface area contributed by atoms with Gasteiger partial charge in [-0.25, -0.2) is 4.98 Å². The number of nitrogens with one attached hydrogen (secondary N) is 1. The number of thioether (sulfide) groups is 2. The van der Waals surface area contributed by atoms with Crippen molar-refractivity contribution in [3.8, 4) is 17.5 Å². The maximum atomic E-state index is 12.7. The third-order valence-corrected chi connectivity index (χ3v) is 6.27. The molecule has 1 aromatic heterocycles. The van der Waals surface area contributed by atoms with Gasteiger partial charge in [0.15, 0.2) is 11.6 Å². The Morgan fingerprint density at radius 1 is 1.21 bits per heavy atom. The van der Waals surface area contributed by atoms with Crippen LogP contribution >= 0.6 is 23.5 Å². The quantitative estimate of drug-likeness (QED) is 0.388. The number of anilines is 1. The second-order valence-corrected chi connectivity index (χ2v) is 7.94. The fourth-order valence-corrected chi connectivity index (χ4v) is 4.62. The van der Waals surface area contributed by atoms with Crippen LogP contribution in [-0.4, -0.2) is 33.8 Å². The number of aromatic amines is 1. The lowest BCUT2D eigenvalue weighted by molar-refractivity contribution is -0.112. The minimum absolute atomic E-state index is 0.100. The van der Waals surface area contributed by atoms with Crippen LogP contribution in [0.5, 0.6) is 0 Å². The summed E-state index contributed by atoms with van der Waals surface area (Å²) in [6, 6.07) is 19.6. The lowest BCUT2D eigenvalue weighted by Gasteiger charge is -2.14. The number of nitriles is 1. The van der Waals surface area contributed by atoms with Gasteiger partial charge in [0, 0.05) is 17.5 Å². The second kappa shape index (κ2) is 7.92. The largest absolute Gasteiger partial charge is 0.337 e. The van der Waals surface area contributed by atoms with Gasteiger partial charge >= 0.3 is 0 Å². The molecule has 1 N–H and O–H groups in total. The summed E-state index contributed by atoms with van der Waals surface area (Å²) in [5.41, 5.74) is 2.09. The summed E-state index contributed by atoms with van der Waals surface area (Å²) < 4.78 is 0. The molecule has 28 heavy (non-hydrogen) atoms. The Balaban J connectivity index is 1.48. The van der Waals surface area contributed by atoms with Crippen LogP contribution < -0.4 is 4.90 Å². The molecule has 0 saturated heterocycles. The molecule has 0 amide bonds. The molecule has 0 fully saturated rings. The Hall–Kier alpha value is -3.02. The number of H-pyrrole nitrogens is 1. The van der Waals surface area contributed by atoms with Crippen molar-refractivity contribution in [1.82, 2.24) is 15.2 Å². The van der Waals surface area contributed by atoms with Crippen LogP contribution in [0, 0.1) is 11.3 Å². The molecule has 1 aliphatic rings. The molecule has 0 saturated carbocycles. The first kappa shape index (κ1) is 18.3. The van der Waals surface area contributed by atoms with E-state index in [1.165, 1.54) is 23.5 Å². The predicted molar refractivity (Wildman–Crippen MR) is 111 cm³/mol. The van der Waals surface area contributed by atoms with Gasteiger partial charge in [-0.2, -0.15) is 5.26 Å². The number of para-hydroxylation sites is 1. The standard InChI is InChI=1S/C20H15N5OS2/c1-25-15-9-5-6-10-17(15)28-19(25)14(11-21)16(26)12-27-20-22-18(23-24-20)13-7-3-2-4-8-13/h2-10H,12H2,1H3,(H,22,23,24)/b19-14-. The first-order valence-corrected chi connectivity index (χ1v) is 10.3. The summed E-state index contributed by atoms with van der Waals surface area (Å²) in [4.78, 5) is 20.0. The van der Waals surface area contributed by atoms with Crippen molar-refractivity contribution in [1.29, 1.82) is 5.26 Å². The summed E-state index contributed by atoms with van der Waals surface area (Å²) in [5.74, 6) is 0.514. The molecule has 0 unspecified atom stereocenters. The zero-order valence-electron chi connectivity index (χ0n) is 14.9. The number of aromatic nitrogens is 3. The highest BCUT2D eigenvalue weighted by molar-refractivity contribution is 8.03. The van der Waals surface area contributed by atoms with Gasteiger partial charge in [-0.3, -0.25) is 9.89 Å². The van der Waals surface area contributed by atoms with Crippen molar-refractivity contribution in [2.24, 2.45) is 0 Å². The van der Waals surface area contributed by atoms with Gasteiger partial charge in [-0.15, -0.1) is 5.10 Å². The number of nitrogens with zero attached hydrogens (tertiary/aromatic N) is 4. The number of ketones is 1. The Morgan fingerprint density at radius 3 is 2.71 bits per heavy atom. The maximum Gasteiger partial charge on any atom is 0.209 e. The summed E-state index contributed by atoms with van der Waals surface area (Å²) in [6.45, 7) is 0. The second-order valence-electron chi connectivity index (χ2n) is 5.97. The Labute approximate surface area is 170 Å². The highest BCUT2D eigenvalue weighted by atomic mass is 32.2. The molecule has 0 spiro atoms. The summed E-state index contributed by atoms with van der Waals surface area (Å²) >= 11 is 2.66. The van der Waals surface area contributed by atoms with Gasteiger partial charge in [0.05, 0.1) is 11.4 Å². The smallest absolute Gasteiger partial charge is 0.209 e. The average molecular weight is 406 g/mol. The van der Waals surface area contributed by atoms with E-state index in [0.717, 1.165) is 16.1 Å². The number of carbonyl (C=O) groups is 1. The van der Waals surface area contributed by atoms with Gasteiger partial charge in [-0.05, 0) is 12.1 Å². The van der Waals surface area contributed by atoms with Crippen molar-refractivity contribution in [2.45, 2.75) is 10.1 Å². The van der Waals surface area contributed by atoms with Crippen molar-refractivity contribution < 1.29 is 4.79 Å². The lowest BCUT2D eigenvalue weighted by atomic mass is 10.2. The average Bonchev–Trinajstić information content (AvgIpc) is 3.33. The molecule has 0 aliphatic carbocycles. The lowest BCUT2D eigenvalue weighted by Crippen LogP contribution is -2.16. The van der Waals surface area contributed by atoms with Crippen LogP contribution in [0.4, 0.5) is 5.69 Å². The Morgan fingerprint density at radius 2 is 1.96 bits per heavy atom. The minimum Gasteiger partial charge on any atom is -0.337 e. The normalized spacial score (nSPS) is 14.5. The van der Waals surface area contributed by atoms with Gasteiger partial charge in [0.1, 0.15) is 16.7 Å². The van der Waals surface area contributed by atoms with E-state index in [2.05, 4.69) is 21.3 Å². The molecule has 3 aromatic rings. The van der Waals surface area contributed by atoms with E-state index in [-0.39, 0.29) is 17.1 Å². The number of hydrogen-bond donors (Lipinski definition) is 1. The van der Waals surface area contributed by atoms with Gasteiger partial charge < -0.3 is 4.90 Å². The SMILES string of the molecule is CN1/C(=C(\C#N)C(=O)CSc2n[nH]c(-c3ccccc3)n2)Sc2ccccc21. The van der Waals surface area contributed by atoms with Gasteiger partial charge in [0.2, 0.25) is 5.16 Å². The first-order valence-electron chi connectivity index (χ1n) is 8.46. The number of rotatable bonds is 5. The number of benzene rings is 2. The number of carbonyl (C=O) groups excluding carboxylic acids is 1. The van der Waals surface area contributed by atoms with Crippen molar-refractivity contribution in [3.63, 3.8) is 0 Å². The molecular weight excluding hydrogens is 390 g/mol. The van der Waals surface area contributed by atoms with Gasteiger partial charge in [0.25, 0.3) is 0 Å². The van der Waals surface area contributed by atoms with Crippen LogP contribution in [0.2, 0.25) is 0 Å². The fraction of sp³-hybridized carbons (Fsp3) is 0.100. The van der Waals surface area contributed by atoms with Crippen LogP contribution in [0.15, 0.2) is 75.3 Å². The first-order chi connectivity index (χ1) is 13.7. The van der Waals surface area contributed by atoms with Crippen LogP contribution in [0.1, 0.15) is 0 Å². The molecular formula is C20H15N5OS2. The van der Waals surface area contributed by atoms with Gasteiger partial charge in [-0.1, -0.05) is 66.0 Å². The molecule has 1 aliphatic heterocycles. The summed E-state index contributed by atoms with van der Waals surface area (Å²) in [6.07, 6.45) is 0. The topological polar surface area (TPSA) is 85.7 Å². The summed E-state index contributed by atoms with van der Waals surface area (Å²) in [7, 11) is 1.87. The number of hydrogen-bond acceptors (Lipinski definition) is 7. The van der Waals surface area contributed by atoms with E-state index in [4.69, 9.17) is 0 Å². The molecule has 4 rings (SSSR count). The van der Waals surface area contributed by atoms with Crippen molar-refractivity contribution in [3.05, 3.63) is 65.2 Å².